The maximum absolute atomic E-state index is 12.3. The van der Waals surface area contributed by atoms with E-state index in [1.54, 1.807) is 30.3 Å². The van der Waals surface area contributed by atoms with Gasteiger partial charge in [-0.1, -0.05) is 18.5 Å². The van der Waals surface area contributed by atoms with Crippen LogP contribution < -0.4 is 10.9 Å². The zero-order chi connectivity index (χ0) is 15.7. The lowest BCUT2D eigenvalue weighted by Crippen LogP contribution is -2.27. The molecule has 0 bridgehead atoms. The average molecular weight is 317 g/mol. The van der Waals surface area contributed by atoms with E-state index in [2.05, 4.69) is 17.2 Å². The quantitative estimate of drug-likeness (QED) is 0.892. The van der Waals surface area contributed by atoms with E-state index in [0.29, 0.717) is 16.6 Å². The molecule has 1 atom stereocenters. The van der Waals surface area contributed by atoms with Crippen LogP contribution in [-0.4, -0.2) is 10.9 Å². The van der Waals surface area contributed by atoms with Crippen LogP contribution in [0.2, 0.25) is 5.02 Å². The van der Waals surface area contributed by atoms with Gasteiger partial charge >= 0.3 is 0 Å². The second kappa shape index (κ2) is 5.97. The normalized spacial score (nSPS) is 16.9. The fraction of sp³-hybridized carbons (Fsp3) is 0.294. The van der Waals surface area contributed by atoms with Crippen molar-refractivity contribution in [3.63, 3.8) is 0 Å². The molecule has 2 N–H and O–H groups in total. The maximum atomic E-state index is 12.3. The number of aromatic nitrogens is 1. The molecule has 1 aromatic carbocycles. The Kier molecular flexibility index (Phi) is 4.03. The third kappa shape index (κ3) is 3.07. The van der Waals surface area contributed by atoms with Gasteiger partial charge in [-0.25, -0.2) is 0 Å². The third-order valence-electron chi connectivity index (χ3n) is 4.02. The van der Waals surface area contributed by atoms with E-state index >= 15 is 0 Å². The predicted octanol–water partition coefficient (Wildman–Crippen LogP) is 3.41. The molecule has 3 rings (SSSR count). The van der Waals surface area contributed by atoms with E-state index in [0.717, 1.165) is 30.5 Å². The van der Waals surface area contributed by atoms with Gasteiger partial charge in [-0.3, -0.25) is 9.59 Å². The summed E-state index contributed by atoms with van der Waals surface area (Å²) in [5.41, 5.74) is 2.47. The number of aryl methyl sites for hydroxylation is 1. The maximum Gasteiger partial charge on any atom is 0.261 e. The fourth-order valence-corrected chi connectivity index (χ4v) is 2.91. The molecule has 0 fully saturated rings. The number of hydrogen-bond acceptors (Lipinski definition) is 2. The number of benzene rings is 1. The molecule has 22 heavy (non-hydrogen) atoms. The number of amides is 1. The summed E-state index contributed by atoms with van der Waals surface area (Å²) in [5.74, 6) is 0.176. The van der Waals surface area contributed by atoms with Gasteiger partial charge in [0.1, 0.15) is 5.56 Å². The predicted molar refractivity (Wildman–Crippen MR) is 87.7 cm³/mol. The van der Waals surface area contributed by atoms with E-state index < -0.39 is 5.91 Å². The van der Waals surface area contributed by atoms with Crippen molar-refractivity contribution in [2.75, 3.05) is 5.32 Å². The molecule has 1 heterocycles. The molecule has 0 saturated heterocycles. The number of nitrogens with one attached hydrogen (secondary N) is 2. The SMILES string of the molecule is CC1CCc2[nH]c(=O)c(C(=O)Nc3ccc(Cl)cc3)cc2C1. The lowest BCUT2D eigenvalue weighted by molar-refractivity contribution is 0.102. The molecule has 1 aliphatic carbocycles. The Hall–Kier alpha value is -2.07. The topological polar surface area (TPSA) is 62.0 Å². The minimum absolute atomic E-state index is 0.155. The summed E-state index contributed by atoms with van der Waals surface area (Å²) < 4.78 is 0. The summed E-state index contributed by atoms with van der Waals surface area (Å²) in [6.45, 7) is 2.18. The van der Waals surface area contributed by atoms with Crippen molar-refractivity contribution in [1.29, 1.82) is 0 Å². The smallest absolute Gasteiger partial charge is 0.261 e. The zero-order valence-corrected chi connectivity index (χ0v) is 13.0. The fourth-order valence-electron chi connectivity index (χ4n) is 2.79. The van der Waals surface area contributed by atoms with Crippen LogP contribution in [-0.2, 0) is 12.8 Å². The molecule has 1 aliphatic rings. The number of halogens is 1. The molecule has 0 saturated carbocycles. The number of rotatable bonds is 2. The van der Waals surface area contributed by atoms with Crippen molar-refractivity contribution in [2.45, 2.75) is 26.2 Å². The van der Waals surface area contributed by atoms with E-state index in [1.165, 1.54) is 0 Å². The van der Waals surface area contributed by atoms with E-state index in [1.807, 2.05) is 0 Å². The number of H-pyrrole nitrogens is 1. The highest BCUT2D eigenvalue weighted by atomic mass is 35.5. The molecular formula is C17H17ClN2O2. The summed E-state index contributed by atoms with van der Waals surface area (Å²) in [7, 11) is 0. The second-order valence-corrected chi connectivity index (χ2v) is 6.26. The summed E-state index contributed by atoms with van der Waals surface area (Å²) in [4.78, 5) is 27.3. The Balaban J connectivity index is 1.87. The summed E-state index contributed by atoms with van der Waals surface area (Å²) in [6.07, 6.45) is 2.83. The van der Waals surface area contributed by atoms with Crippen molar-refractivity contribution < 1.29 is 4.79 Å². The van der Waals surface area contributed by atoms with E-state index in [4.69, 9.17) is 11.6 Å². The number of carbonyl (C=O) groups is 1. The van der Waals surface area contributed by atoms with Crippen molar-refractivity contribution in [2.24, 2.45) is 5.92 Å². The number of anilines is 1. The molecular weight excluding hydrogens is 300 g/mol. The Labute approximate surface area is 133 Å². The highest BCUT2D eigenvalue weighted by molar-refractivity contribution is 6.30. The minimum atomic E-state index is -0.399. The monoisotopic (exact) mass is 316 g/mol. The number of aromatic amines is 1. The molecule has 0 aliphatic heterocycles. The molecule has 2 aromatic rings. The summed E-state index contributed by atoms with van der Waals surface area (Å²) in [5, 5.41) is 3.32. The summed E-state index contributed by atoms with van der Waals surface area (Å²) in [6, 6.07) is 8.52. The van der Waals surface area contributed by atoms with Gasteiger partial charge in [0.2, 0.25) is 0 Å². The molecule has 114 valence electrons. The highest BCUT2D eigenvalue weighted by Crippen LogP contribution is 2.23. The van der Waals surface area contributed by atoms with Gasteiger partial charge in [0, 0.05) is 16.4 Å². The standard InChI is InChI=1S/C17H17ClN2O2/c1-10-2-7-15-11(8-10)9-14(17(22)20-15)16(21)19-13-5-3-12(18)4-6-13/h3-6,9-10H,2,7-8H2,1H3,(H,19,21)(H,20,22). The first kappa shape index (κ1) is 14.9. The molecule has 1 aromatic heterocycles. The van der Waals surface area contributed by atoms with E-state index in [9.17, 15) is 9.59 Å². The summed E-state index contributed by atoms with van der Waals surface area (Å²) >= 11 is 5.82. The molecule has 0 radical (unpaired) electrons. The molecule has 1 amide bonds. The largest absolute Gasteiger partial charge is 0.325 e. The van der Waals surface area contributed by atoms with Crippen molar-refractivity contribution >= 4 is 23.2 Å². The first-order chi connectivity index (χ1) is 10.5. The van der Waals surface area contributed by atoms with Crippen LogP contribution in [0, 0.1) is 5.92 Å². The van der Waals surface area contributed by atoms with Gasteiger partial charge in [-0.2, -0.15) is 0 Å². The molecule has 0 spiro atoms. The first-order valence-corrected chi connectivity index (χ1v) is 7.72. The number of carbonyl (C=O) groups excluding carboxylic acids is 1. The van der Waals surface area contributed by atoms with E-state index in [-0.39, 0.29) is 11.1 Å². The van der Waals surface area contributed by atoms with Gasteiger partial charge in [-0.15, -0.1) is 0 Å². The van der Waals surface area contributed by atoms with Crippen LogP contribution >= 0.6 is 11.6 Å². The van der Waals surface area contributed by atoms with Crippen molar-refractivity contribution in [1.82, 2.24) is 4.98 Å². The van der Waals surface area contributed by atoms with Crippen molar-refractivity contribution in [3.05, 3.63) is 62.5 Å². The van der Waals surface area contributed by atoms with Gasteiger partial charge in [0.05, 0.1) is 0 Å². The lowest BCUT2D eigenvalue weighted by Gasteiger charge is -2.21. The number of pyridine rings is 1. The van der Waals surface area contributed by atoms with Crippen LogP contribution in [0.1, 0.15) is 35.0 Å². The van der Waals surface area contributed by atoms with Crippen molar-refractivity contribution in [3.8, 4) is 0 Å². The highest BCUT2D eigenvalue weighted by Gasteiger charge is 2.20. The Morgan fingerprint density at radius 2 is 2.05 bits per heavy atom. The van der Waals surface area contributed by atoms with Gasteiger partial charge in [-0.05, 0) is 61.1 Å². The van der Waals surface area contributed by atoms with Gasteiger partial charge in [0.15, 0.2) is 0 Å². The molecule has 1 unspecified atom stereocenters. The lowest BCUT2D eigenvalue weighted by atomic mass is 9.87. The Morgan fingerprint density at radius 1 is 1.32 bits per heavy atom. The zero-order valence-electron chi connectivity index (χ0n) is 12.3. The van der Waals surface area contributed by atoms with Crippen LogP contribution in [0.3, 0.4) is 0 Å². The molecule has 5 heteroatoms. The minimum Gasteiger partial charge on any atom is -0.325 e. The molecule has 4 nitrogen and oxygen atoms in total. The Bertz CT molecular complexity index is 765. The second-order valence-electron chi connectivity index (χ2n) is 5.82. The first-order valence-electron chi connectivity index (χ1n) is 7.35. The van der Waals surface area contributed by atoms with Crippen LogP contribution in [0.15, 0.2) is 35.1 Å². The van der Waals surface area contributed by atoms with Gasteiger partial charge in [0.25, 0.3) is 11.5 Å². The number of fused-ring (bicyclic) bond motifs is 1. The van der Waals surface area contributed by atoms with Gasteiger partial charge < -0.3 is 10.3 Å². The van der Waals surface area contributed by atoms with Crippen LogP contribution in [0.25, 0.3) is 0 Å². The Morgan fingerprint density at radius 3 is 2.77 bits per heavy atom. The third-order valence-corrected chi connectivity index (χ3v) is 4.27. The number of hydrogen-bond donors (Lipinski definition) is 2. The van der Waals surface area contributed by atoms with Crippen LogP contribution in [0.5, 0.6) is 0 Å². The van der Waals surface area contributed by atoms with Crippen LogP contribution in [0.4, 0.5) is 5.69 Å². The average Bonchev–Trinajstić information content (AvgIpc) is 2.49.